The molecule has 1 saturated heterocycles. The summed E-state index contributed by atoms with van der Waals surface area (Å²) < 4.78 is 6.76. The fourth-order valence-corrected chi connectivity index (χ4v) is 3.85. The van der Waals surface area contributed by atoms with E-state index < -0.39 is 11.8 Å². The molecule has 0 spiro atoms. The van der Waals surface area contributed by atoms with E-state index in [1.165, 1.54) is 11.1 Å². The number of halogens is 2. The number of benzene rings is 2. The molecule has 2 aromatic carbocycles. The van der Waals surface area contributed by atoms with Gasteiger partial charge in [0.05, 0.1) is 14.6 Å². The molecule has 0 bridgehead atoms. The average molecular weight is 476 g/mol. The first-order valence-corrected chi connectivity index (χ1v) is 9.07. The van der Waals surface area contributed by atoms with E-state index in [-0.39, 0.29) is 12.2 Å². The van der Waals surface area contributed by atoms with Gasteiger partial charge < -0.3 is 4.74 Å². The third kappa shape index (κ3) is 3.66. The topological polar surface area (TPSA) is 58.6 Å². The van der Waals surface area contributed by atoms with Crippen LogP contribution in [0.3, 0.4) is 0 Å². The van der Waals surface area contributed by atoms with Gasteiger partial charge in [-0.1, -0.05) is 24.1 Å². The number of anilines is 1. The number of nitrogens with zero attached hydrogens (tertiary/aromatic N) is 1. The normalized spacial score (nSPS) is 15.1. The van der Waals surface area contributed by atoms with E-state index in [0.717, 1.165) is 0 Å². The Balaban J connectivity index is 1.92. The highest BCUT2D eigenvalue weighted by atomic mass is 79.9. The van der Waals surface area contributed by atoms with Crippen molar-refractivity contribution >= 4 is 55.4 Å². The summed E-state index contributed by atoms with van der Waals surface area (Å²) in [6.07, 6.45) is 6.73. The molecule has 1 heterocycles. The van der Waals surface area contributed by atoms with E-state index in [0.29, 0.717) is 25.9 Å². The van der Waals surface area contributed by atoms with Crippen molar-refractivity contribution in [2.75, 3.05) is 11.6 Å². The lowest BCUT2D eigenvalue weighted by Gasteiger charge is -2.13. The van der Waals surface area contributed by atoms with Crippen LogP contribution in [0.15, 0.2) is 57.0 Å². The molecule has 1 aliphatic heterocycles. The molecule has 0 saturated carbocycles. The Labute approximate surface area is 167 Å². The smallest absolute Gasteiger partial charge is 0.282 e. The Morgan fingerprint density at radius 1 is 1.15 bits per heavy atom. The predicted molar refractivity (Wildman–Crippen MR) is 106 cm³/mol. The van der Waals surface area contributed by atoms with Crippen molar-refractivity contribution in [1.82, 2.24) is 5.43 Å². The molecule has 5 nitrogen and oxygen atoms in total. The Bertz CT molecular complexity index is 926. The number of hydrogen-bond acceptors (Lipinski definition) is 3. The molecular weight excluding hydrogens is 464 g/mol. The second-order valence-corrected chi connectivity index (χ2v) is 6.99. The molecule has 0 aromatic heterocycles. The third-order valence-electron chi connectivity index (χ3n) is 3.54. The fraction of sp³-hybridized carbons (Fsp3) is 0.0526. The lowest BCUT2D eigenvalue weighted by molar-refractivity contribution is -0.117. The lowest BCUT2D eigenvalue weighted by atomic mass is 10.1. The van der Waals surface area contributed by atoms with Crippen molar-refractivity contribution in [3.05, 3.63) is 62.5 Å². The Morgan fingerprint density at radius 3 is 2.42 bits per heavy atom. The molecule has 1 fully saturated rings. The second-order valence-electron chi connectivity index (χ2n) is 5.28. The van der Waals surface area contributed by atoms with E-state index in [1.54, 1.807) is 36.4 Å². The molecule has 130 valence electrons. The van der Waals surface area contributed by atoms with E-state index in [2.05, 4.69) is 43.2 Å². The Hall–Kier alpha value is -2.56. The Kier molecular flexibility index (Phi) is 5.45. The van der Waals surface area contributed by atoms with Crippen LogP contribution in [-0.2, 0) is 9.59 Å². The molecular formula is C19H12Br2N2O3. The molecule has 1 aliphatic rings. The van der Waals surface area contributed by atoms with Crippen LogP contribution in [0.2, 0.25) is 0 Å². The highest BCUT2D eigenvalue weighted by molar-refractivity contribution is 9.11. The van der Waals surface area contributed by atoms with Crippen LogP contribution in [0.5, 0.6) is 5.75 Å². The van der Waals surface area contributed by atoms with Gasteiger partial charge in [0, 0.05) is 0 Å². The van der Waals surface area contributed by atoms with Crippen LogP contribution >= 0.6 is 31.9 Å². The van der Waals surface area contributed by atoms with Crippen LogP contribution in [0.1, 0.15) is 5.56 Å². The molecule has 0 aliphatic carbocycles. The highest BCUT2D eigenvalue weighted by Gasteiger charge is 2.34. The highest BCUT2D eigenvalue weighted by Crippen LogP contribution is 2.35. The first-order chi connectivity index (χ1) is 12.5. The molecule has 2 amide bonds. The minimum atomic E-state index is -0.459. The van der Waals surface area contributed by atoms with Crippen LogP contribution in [-0.4, -0.2) is 18.4 Å². The van der Waals surface area contributed by atoms with Crippen molar-refractivity contribution in [2.45, 2.75) is 0 Å². The number of para-hydroxylation sites is 1. The number of terminal acetylenes is 1. The zero-order chi connectivity index (χ0) is 18.7. The lowest BCUT2D eigenvalue weighted by Crippen LogP contribution is -2.35. The summed E-state index contributed by atoms with van der Waals surface area (Å²) >= 11 is 6.82. The first kappa shape index (κ1) is 18.2. The number of nitrogens with one attached hydrogen (secondary N) is 1. The summed E-state index contributed by atoms with van der Waals surface area (Å²) in [6, 6.07) is 12.4. The largest absolute Gasteiger partial charge is 0.479 e. The van der Waals surface area contributed by atoms with Crippen molar-refractivity contribution in [1.29, 1.82) is 0 Å². The van der Waals surface area contributed by atoms with Crippen molar-refractivity contribution in [2.24, 2.45) is 0 Å². The van der Waals surface area contributed by atoms with Gasteiger partial charge in [0.15, 0.2) is 0 Å². The number of hydrazine groups is 1. The number of hydrogen-bond donors (Lipinski definition) is 1. The van der Waals surface area contributed by atoms with Crippen LogP contribution < -0.4 is 15.2 Å². The minimum absolute atomic E-state index is 0.0462. The SMILES string of the molecule is C#CCOc1c(Br)cc(/C=C2/C(=O)NN(c3ccccc3)C2=O)cc1Br. The van der Waals surface area contributed by atoms with Gasteiger partial charge in [-0.05, 0) is 67.8 Å². The van der Waals surface area contributed by atoms with Gasteiger partial charge >= 0.3 is 0 Å². The third-order valence-corrected chi connectivity index (χ3v) is 4.72. The molecule has 1 N–H and O–H groups in total. The summed E-state index contributed by atoms with van der Waals surface area (Å²) in [5, 5.41) is 1.22. The number of amides is 2. The number of carbonyl (C=O) groups excluding carboxylic acids is 2. The van der Waals surface area contributed by atoms with Crippen LogP contribution in [0, 0.1) is 12.3 Å². The maximum atomic E-state index is 12.6. The predicted octanol–water partition coefficient (Wildman–Crippen LogP) is 3.69. The zero-order valence-electron chi connectivity index (χ0n) is 13.3. The molecule has 26 heavy (non-hydrogen) atoms. The number of ether oxygens (including phenoxy) is 1. The number of carbonyl (C=O) groups is 2. The monoisotopic (exact) mass is 474 g/mol. The average Bonchev–Trinajstić information content (AvgIpc) is 2.90. The Morgan fingerprint density at radius 2 is 1.81 bits per heavy atom. The zero-order valence-corrected chi connectivity index (χ0v) is 16.5. The van der Waals surface area contributed by atoms with Gasteiger partial charge in [0.1, 0.15) is 17.9 Å². The molecule has 0 unspecified atom stereocenters. The quantitative estimate of drug-likeness (QED) is 0.417. The fourth-order valence-electron chi connectivity index (χ4n) is 2.40. The summed E-state index contributed by atoms with van der Waals surface area (Å²) in [7, 11) is 0. The van der Waals surface area contributed by atoms with Crippen LogP contribution in [0.4, 0.5) is 5.69 Å². The van der Waals surface area contributed by atoms with E-state index in [9.17, 15) is 9.59 Å². The second kappa shape index (κ2) is 7.77. The van der Waals surface area contributed by atoms with Crippen molar-refractivity contribution in [3.63, 3.8) is 0 Å². The van der Waals surface area contributed by atoms with E-state index in [4.69, 9.17) is 11.2 Å². The number of rotatable bonds is 4. The summed E-state index contributed by atoms with van der Waals surface area (Å²) in [4.78, 5) is 24.8. The van der Waals surface area contributed by atoms with Gasteiger partial charge in [-0.15, -0.1) is 6.42 Å². The van der Waals surface area contributed by atoms with Gasteiger partial charge in [-0.3, -0.25) is 15.0 Å². The van der Waals surface area contributed by atoms with Gasteiger partial charge in [-0.25, -0.2) is 5.01 Å². The van der Waals surface area contributed by atoms with Crippen molar-refractivity contribution in [3.8, 4) is 18.1 Å². The van der Waals surface area contributed by atoms with E-state index >= 15 is 0 Å². The molecule has 0 radical (unpaired) electrons. The van der Waals surface area contributed by atoms with Crippen LogP contribution in [0.25, 0.3) is 6.08 Å². The molecule has 0 atom stereocenters. The van der Waals surface area contributed by atoms with E-state index in [1.807, 2.05) is 6.07 Å². The summed E-state index contributed by atoms with van der Waals surface area (Å²) in [5.74, 6) is 2.08. The van der Waals surface area contributed by atoms with Gasteiger partial charge in [0.2, 0.25) is 0 Å². The van der Waals surface area contributed by atoms with Gasteiger partial charge in [0.25, 0.3) is 11.8 Å². The molecule has 7 heteroatoms. The minimum Gasteiger partial charge on any atom is -0.479 e. The standard InChI is InChI=1S/C19H12Br2N2O3/c1-2-8-26-17-15(20)10-12(11-16(17)21)9-14-18(24)22-23(19(14)25)13-6-4-3-5-7-13/h1,3-7,9-11H,8H2,(H,22,24)/b14-9-. The summed E-state index contributed by atoms with van der Waals surface area (Å²) in [6.45, 7) is 0.130. The summed E-state index contributed by atoms with van der Waals surface area (Å²) in [5.41, 5.74) is 3.86. The maximum Gasteiger partial charge on any atom is 0.282 e. The van der Waals surface area contributed by atoms with Gasteiger partial charge in [-0.2, -0.15) is 0 Å². The molecule has 3 rings (SSSR count). The molecule has 2 aromatic rings. The van der Waals surface area contributed by atoms with Crippen molar-refractivity contribution < 1.29 is 14.3 Å². The maximum absolute atomic E-state index is 12.6. The first-order valence-electron chi connectivity index (χ1n) is 7.48.